The van der Waals surface area contributed by atoms with E-state index in [1.54, 1.807) is 17.4 Å². The normalized spacial score (nSPS) is 16.9. The Balaban J connectivity index is 1.24. The number of benzene rings is 1. The maximum absolute atomic E-state index is 13.2. The van der Waals surface area contributed by atoms with E-state index in [0.29, 0.717) is 24.6 Å². The van der Waals surface area contributed by atoms with Gasteiger partial charge < -0.3 is 9.32 Å². The van der Waals surface area contributed by atoms with Crippen LogP contribution in [0.5, 0.6) is 0 Å². The summed E-state index contributed by atoms with van der Waals surface area (Å²) in [5, 5.41) is 9.44. The number of carbonyl (C=O) groups is 1. The van der Waals surface area contributed by atoms with Gasteiger partial charge in [0.05, 0.1) is 10.2 Å². The second kappa shape index (κ2) is 7.31. The molecule has 1 aliphatic rings. The van der Waals surface area contributed by atoms with Crippen molar-refractivity contribution in [2.75, 3.05) is 13.1 Å². The number of furan rings is 1. The molecule has 5 aromatic rings. The second-order valence-corrected chi connectivity index (χ2v) is 8.76. The summed E-state index contributed by atoms with van der Waals surface area (Å²) in [5.41, 5.74) is 1.76. The molecule has 1 amide bonds. The van der Waals surface area contributed by atoms with Crippen LogP contribution in [0.2, 0.25) is 0 Å². The van der Waals surface area contributed by atoms with Crippen LogP contribution in [0.25, 0.3) is 26.6 Å². The van der Waals surface area contributed by atoms with Crippen LogP contribution in [0, 0.1) is 0 Å². The van der Waals surface area contributed by atoms with Crippen molar-refractivity contribution in [2.45, 2.75) is 18.8 Å². The number of para-hydroxylation sites is 1. The molecule has 154 valence electrons. The second-order valence-electron chi connectivity index (χ2n) is 7.73. The lowest BCUT2D eigenvalue weighted by Crippen LogP contribution is -2.39. The lowest BCUT2D eigenvalue weighted by Gasteiger charge is -2.31. The van der Waals surface area contributed by atoms with Gasteiger partial charge in [-0.1, -0.05) is 18.2 Å². The predicted octanol–water partition coefficient (Wildman–Crippen LogP) is 4.62. The Bertz CT molecular complexity index is 1370. The first-order chi connectivity index (χ1) is 15.3. The monoisotopic (exact) mass is 429 g/mol. The third kappa shape index (κ3) is 3.19. The predicted molar refractivity (Wildman–Crippen MR) is 118 cm³/mol. The molecule has 1 unspecified atom stereocenters. The fraction of sp³-hybridized carbons (Fsp3) is 0.217. The van der Waals surface area contributed by atoms with E-state index in [1.165, 1.54) is 0 Å². The highest BCUT2D eigenvalue weighted by Crippen LogP contribution is 2.32. The van der Waals surface area contributed by atoms with Crippen LogP contribution in [-0.2, 0) is 0 Å². The molecule has 0 aliphatic carbocycles. The molecule has 4 aromatic heterocycles. The minimum Gasteiger partial charge on any atom is -0.448 e. The first kappa shape index (κ1) is 18.3. The van der Waals surface area contributed by atoms with Crippen LogP contribution in [0.15, 0.2) is 65.2 Å². The molecule has 8 heteroatoms. The Morgan fingerprint density at radius 2 is 1.97 bits per heavy atom. The van der Waals surface area contributed by atoms with E-state index < -0.39 is 0 Å². The van der Waals surface area contributed by atoms with Crippen molar-refractivity contribution in [3.05, 3.63) is 72.4 Å². The minimum atomic E-state index is -0.0918. The van der Waals surface area contributed by atoms with Crippen LogP contribution in [-0.4, -0.2) is 43.5 Å². The molecule has 1 aliphatic heterocycles. The van der Waals surface area contributed by atoms with Crippen LogP contribution >= 0.6 is 11.3 Å². The van der Waals surface area contributed by atoms with Crippen molar-refractivity contribution in [2.24, 2.45) is 0 Å². The van der Waals surface area contributed by atoms with Crippen molar-refractivity contribution in [3.8, 4) is 10.8 Å². The van der Waals surface area contributed by atoms with Gasteiger partial charge >= 0.3 is 0 Å². The average Bonchev–Trinajstić information content (AvgIpc) is 3.56. The molecule has 0 radical (unpaired) electrons. The van der Waals surface area contributed by atoms with E-state index in [0.717, 1.165) is 39.5 Å². The molecule has 0 N–H and O–H groups in total. The molecule has 0 spiro atoms. The zero-order valence-corrected chi connectivity index (χ0v) is 17.5. The number of thiazole rings is 1. The number of piperidine rings is 1. The molecule has 1 aromatic carbocycles. The Morgan fingerprint density at radius 1 is 1.06 bits per heavy atom. The largest absolute Gasteiger partial charge is 0.448 e. The average molecular weight is 430 g/mol. The molecule has 0 saturated carbocycles. The Kier molecular flexibility index (Phi) is 4.31. The SMILES string of the molecule is O=C(c1ccc(-c2nc3ccccc3s2)o1)N1CCCC(c2nnc3ccccn23)C1. The topological polar surface area (TPSA) is 76.5 Å². The quantitative estimate of drug-likeness (QED) is 0.418. The third-order valence-electron chi connectivity index (χ3n) is 5.74. The number of likely N-dealkylation sites (tertiary alicyclic amines) is 1. The fourth-order valence-corrected chi connectivity index (χ4v) is 5.14. The maximum atomic E-state index is 13.2. The number of rotatable bonds is 3. The Labute approximate surface area is 182 Å². The first-order valence-corrected chi connectivity index (χ1v) is 11.1. The van der Waals surface area contributed by atoms with E-state index in [2.05, 4.69) is 15.2 Å². The molecule has 1 atom stereocenters. The summed E-state index contributed by atoms with van der Waals surface area (Å²) in [5.74, 6) is 1.94. The van der Waals surface area contributed by atoms with Crippen LogP contribution in [0.3, 0.4) is 0 Å². The summed E-state index contributed by atoms with van der Waals surface area (Å²) in [6.45, 7) is 1.31. The Morgan fingerprint density at radius 3 is 2.90 bits per heavy atom. The van der Waals surface area contributed by atoms with E-state index in [9.17, 15) is 4.79 Å². The molecular formula is C23H19N5O2S. The summed E-state index contributed by atoms with van der Waals surface area (Å²) in [4.78, 5) is 19.7. The summed E-state index contributed by atoms with van der Waals surface area (Å²) >= 11 is 1.56. The lowest BCUT2D eigenvalue weighted by atomic mass is 9.97. The fourth-order valence-electron chi connectivity index (χ4n) is 4.21. The first-order valence-electron chi connectivity index (χ1n) is 10.3. The van der Waals surface area contributed by atoms with Gasteiger partial charge in [0.25, 0.3) is 5.91 Å². The highest BCUT2D eigenvalue weighted by Gasteiger charge is 2.30. The van der Waals surface area contributed by atoms with Gasteiger partial charge in [-0.3, -0.25) is 9.20 Å². The number of amides is 1. The van der Waals surface area contributed by atoms with E-state index in [4.69, 9.17) is 4.42 Å². The number of aromatic nitrogens is 4. The maximum Gasteiger partial charge on any atom is 0.289 e. The molecule has 31 heavy (non-hydrogen) atoms. The molecule has 5 heterocycles. The highest BCUT2D eigenvalue weighted by atomic mass is 32.1. The molecular weight excluding hydrogens is 410 g/mol. The van der Waals surface area contributed by atoms with Gasteiger partial charge in [-0.2, -0.15) is 0 Å². The van der Waals surface area contributed by atoms with Crippen molar-refractivity contribution >= 4 is 33.1 Å². The van der Waals surface area contributed by atoms with Gasteiger partial charge in [-0.05, 0) is 49.2 Å². The number of fused-ring (bicyclic) bond motifs is 2. The Hall–Kier alpha value is -3.52. The van der Waals surface area contributed by atoms with Gasteiger partial charge in [0, 0.05) is 25.2 Å². The van der Waals surface area contributed by atoms with E-state index in [1.807, 2.05) is 64.0 Å². The van der Waals surface area contributed by atoms with Crippen molar-refractivity contribution in [3.63, 3.8) is 0 Å². The molecule has 6 rings (SSSR count). The molecule has 1 fully saturated rings. The number of nitrogens with zero attached hydrogens (tertiary/aromatic N) is 5. The highest BCUT2D eigenvalue weighted by molar-refractivity contribution is 7.21. The lowest BCUT2D eigenvalue weighted by molar-refractivity contribution is 0.0673. The minimum absolute atomic E-state index is 0.0918. The number of pyridine rings is 1. The van der Waals surface area contributed by atoms with Gasteiger partial charge in [0.1, 0.15) is 5.82 Å². The van der Waals surface area contributed by atoms with Gasteiger partial charge in [0.2, 0.25) is 0 Å². The van der Waals surface area contributed by atoms with Crippen LogP contribution in [0.1, 0.15) is 35.1 Å². The molecule has 7 nitrogen and oxygen atoms in total. The van der Waals surface area contributed by atoms with E-state index >= 15 is 0 Å². The van der Waals surface area contributed by atoms with Gasteiger partial charge in [-0.15, -0.1) is 21.5 Å². The van der Waals surface area contributed by atoms with E-state index in [-0.39, 0.29) is 11.8 Å². The van der Waals surface area contributed by atoms with Crippen LogP contribution < -0.4 is 0 Å². The number of hydrogen-bond acceptors (Lipinski definition) is 6. The molecule has 1 saturated heterocycles. The summed E-state index contributed by atoms with van der Waals surface area (Å²) in [7, 11) is 0. The third-order valence-corrected chi connectivity index (χ3v) is 6.79. The summed E-state index contributed by atoms with van der Waals surface area (Å²) < 4.78 is 9.04. The zero-order chi connectivity index (χ0) is 20.8. The summed E-state index contributed by atoms with van der Waals surface area (Å²) in [6.07, 6.45) is 3.88. The van der Waals surface area contributed by atoms with Crippen LogP contribution in [0.4, 0.5) is 0 Å². The van der Waals surface area contributed by atoms with Crippen molar-refractivity contribution in [1.82, 2.24) is 24.5 Å². The van der Waals surface area contributed by atoms with Crippen molar-refractivity contribution in [1.29, 1.82) is 0 Å². The number of hydrogen-bond donors (Lipinski definition) is 0. The standard InChI is InChI=1S/C23H19N5O2S/c29-23(18-11-10-17(30-18)22-24-16-7-1-2-8-19(16)31-22)27-12-5-6-15(14-27)21-26-25-20-9-3-4-13-28(20)21/h1-4,7-11,13,15H,5-6,12,14H2. The van der Waals surface area contributed by atoms with Gasteiger partial charge in [-0.25, -0.2) is 4.98 Å². The molecule has 0 bridgehead atoms. The van der Waals surface area contributed by atoms with Crippen molar-refractivity contribution < 1.29 is 9.21 Å². The smallest absolute Gasteiger partial charge is 0.289 e. The zero-order valence-electron chi connectivity index (χ0n) is 16.6. The number of carbonyl (C=O) groups excluding carboxylic acids is 1. The summed E-state index contributed by atoms with van der Waals surface area (Å²) in [6, 6.07) is 17.4. The van der Waals surface area contributed by atoms with Gasteiger partial charge in [0.15, 0.2) is 22.2 Å².